The number of nitrogens with zero attached hydrogens (tertiary/aromatic N) is 6. The van der Waals surface area contributed by atoms with E-state index in [0.717, 1.165) is 0 Å². The summed E-state index contributed by atoms with van der Waals surface area (Å²) in [6.45, 7) is 0. The summed E-state index contributed by atoms with van der Waals surface area (Å²) in [5.74, 6) is 0. The van der Waals surface area contributed by atoms with E-state index in [2.05, 4.69) is 75.8 Å². The fraction of sp³-hybridized carbons (Fsp3) is 0. The summed E-state index contributed by atoms with van der Waals surface area (Å²) < 4.78 is 0. The molecule has 6 nitrogen and oxygen atoms in total. The van der Waals surface area contributed by atoms with Crippen molar-refractivity contribution in [1.82, 2.24) is 0 Å². The molecular formula is C6CuK3N6S6-2. The van der Waals surface area contributed by atoms with Gasteiger partial charge in [0.25, 0.3) is 0 Å². The zero-order valence-electron chi connectivity index (χ0n) is 11.4. The predicted octanol–water partition coefficient (Wildman–Crippen LogP) is -8.90. The van der Waals surface area contributed by atoms with E-state index in [1.165, 1.54) is 32.4 Å². The molecule has 0 saturated carbocycles. The second-order valence-corrected chi connectivity index (χ2v) is 1.64. The molecule has 0 aromatic heterocycles. The molecule has 0 atom stereocenters. The number of rotatable bonds is 0. The van der Waals surface area contributed by atoms with Crippen molar-refractivity contribution < 1.29 is 171 Å². The monoisotopic (exact) mass is 528 g/mol. The third-order valence-electron chi connectivity index (χ3n) is 0. The van der Waals surface area contributed by atoms with Crippen molar-refractivity contribution in [3.05, 3.63) is 0 Å². The summed E-state index contributed by atoms with van der Waals surface area (Å²) in [7, 11) is 0. The van der Waals surface area contributed by atoms with Crippen molar-refractivity contribution >= 4 is 75.8 Å². The maximum Gasteiger partial charge on any atom is 1.00 e. The molecule has 0 N–H and O–H groups in total. The van der Waals surface area contributed by atoms with Crippen LogP contribution in [0.25, 0.3) is 0 Å². The van der Waals surface area contributed by atoms with Gasteiger partial charge in [-0.3, -0.25) is 0 Å². The van der Waals surface area contributed by atoms with Crippen LogP contribution in [0, 0.1) is 64.0 Å². The minimum Gasteiger partial charge on any atom is -0.696 e. The summed E-state index contributed by atoms with van der Waals surface area (Å²) in [6, 6.07) is 0. The summed E-state index contributed by atoms with van der Waals surface area (Å²) >= 11 is 22.2. The minimum absolute atomic E-state index is 0. The average Bonchev–Trinajstić information content (AvgIpc) is 2.23. The van der Waals surface area contributed by atoms with Crippen LogP contribution in [0.1, 0.15) is 0 Å². The van der Waals surface area contributed by atoms with Crippen LogP contribution in [0.2, 0.25) is 0 Å². The Balaban J connectivity index is -0.00000000947. The summed E-state index contributed by atoms with van der Waals surface area (Å²) in [5.41, 5.74) is 0. The Labute approximate surface area is 302 Å². The van der Waals surface area contributed by atoms with Gasteiger partial charge in [0.15, 0.2) is 0 Å². The van der Waals surface area contributed by atoms with Gasteiger partial charge in [0.05, 0.1) is 0 Å². The number of hydrogen-bond donors (Lipinski definition) is 0. The van der Waals surface area contributed by atoms with Crippen molar-refractivity contribution in [2.45, 2.75) is 0 Å². The first-order valence-corrected chi connectivity index (χ1v) is 5.02. The molecule has 16 heteroatoms. The van der Waals surface area contributed by atoms with Gasteiger partial charge in [0, 0.05) is 0 Å². The second-order valence-electron chi connectivity index (χ2n) is 0.548. The van der Waals surface area contributed by atoms with Gasteiger partial charge in [-0.15, -0.1) is 0 Å². The molecule has 0 aromatic rings. The number of hydrogen-bond acceptors (Lipinski definition) is 12. The van der Waals surface area contributed by atoms with Gasteiger partial charge in [0.2, 0.25) is 0 Å². The molecule has 0 aromatic carbocycles. The van der Waals surface area contributed by atoms with Crippen LogP contribution in [0.3, 0.4) is 0 Å². The standard InChI is InChI=1S/6CHNS.Cu.3K/c6*2-1-3;;;;/h6*3H;;;;/q;;;;;;4*+1/p-6. The molecule has 0 unspecified atom stereocenters. The Bertz CT molecular complexity index is 269. The first-order valence-electron chi connectivity index (χ1n) is 2.57. The van der Waals surface area contributed by atoms with E-state index in [-0.39, 0.29) is 171 Å². The van der Waals surface area contributed by atoms with Crippen LogP contribution in [-0.4, -0.2) is 0 Å². The molecular weight excluding hydrogens is 529 g/mol. The maximum absolute atomic E-state index is 7.13. The molecule has 22 heavy (non-hydrogen) atoms. The third kappa shape index (κ3) is 896. The van der Waals surface area contributed by atoms with Crippen molar-refractivity contribution in [2.24, 2.45) is 0 Å². The summed E-state index contributed by atoms with van der Waals surface area (Å²) in [5, 5.41) is 50.8. The predicted molar refractivity (Wildman–Crippen MR) is 77.9 cm³/mol. The van der Waals surface area contributed by atoms with E-state index in [9.17, 15) is 0 Å². The first kappa shape index (κ1) is 63.6. The Morgan fingerprint density at radius 1 is 0.364 bits per heavy atom. The number of nitriles is 6. The zero-order chi connectivity index (χ0) is 16.2. The van der Waals surface area contributed by atoms with Crippen LogP contribution in [-0.2, 0) is 92.8 Å². The Morgan fingerprint density at radius 3 is 0.364 bits per heavy atom. The molecule has 0 rings (SSSR count). The van der Waals surface area contributed by atoms with Gasteiger partial charge >= 0.3 is 171 Å². The molecule has 0 spiro atoms. The molecule has 0 aliphatic carbocycles. The van der Waals surface area contributed by atoms with E-state index < -0.39 is 0 Å². The fourth-order valence-electron chi connectivity index (χ4n) is 0. The maximum atomic E-state index is 7.13. The quantitative estimate of drug-likeness (QED) is 0.167. The van der Waals surface area contributed by atoms with Crippen LogP contribution in [0.15, 0.2) is 0 Å². The fourth-order valence-corrected chi connectivity index (χ4v) is 0. The SMILES string of the molecule is N#C[S-].N#C[S-].N#C[S-].N#C[S-].N#C[S-].N#C[S-].[Cu+].[K+].[K+].[K+]. The van der Waals surface area contributed by atoms with Crippen LogP contribution < -0.4 is 154 Å². The van der Waals surface area contributed by atoms with Gasteiger partial charge in [0.1, 0.15) is 0 Å². The van der Waals surface area contributed by atoms with Gasteiger partial charge in [-0.1, -0.05) is 32.4 Å². The molecule has 0 bridgehead atoms. The summed E-state index contributed by atoms with van der Waals surface area (Å²) in [4.78, 5) is 0. The van der Waals surface area contributed by atoms with Gasteiger partial charge in [-0.2, -0.15) is 0 Å². The molecule has 0 amide bonds. The van der Waals surface area contributed by atoms with Crippen molar-refractivity contribution in [3.63, 3.8) is 0 Å². The third-order valence-corrected chi connectivity index (χ3v) is 0. The molecule has 0 heterocycles. The van der Waals surface area contributed by atoms with E-state index in [1.54, 1.807) is 0 Å². The van der Waals surface area contributed by atoms with Gasteiger partial charge in [-0.05, 0) is 0 Å². The molecule has 0 aliphatic rings. The first-order chi connectivity index (χ1) is 8.49. The topological polar surface area (TPSA) is 143 Å². The van der Waals surface area contributed by atoms with Crippen molar-refractivity contribution in [1.29, 1.82) is 31.6 Å². The van der Waals surface area contributed by atoms with Gasteiger partial charge in [-0.25, -0.2) is 31.6 Å². The molecule has 0 saturated heterocycles. The smallest absolute Gasteiger partial charge is 0.696 e. The zero-order valence-corrected chi connectivity index (χ0v) is 26.6. The number of thiocyanates is 6. The Hall–Kier alpha value is 3.69. The van der Waals surface area contributed by atoms with Crippen LogP contribution >= 0.6 is 0 Å². The van der Waals surface area contributed by atoms with Crippen molar-refractivity contribution in [2.75, 3.05) is 0 Å². The Kier molecular flexibility index (Phi) is 427. The molecule has 0 radical (unpaired) electrons. The molecule has 0 fully saturated rings. The van der Waals surface area contributed by atoms with E-state index in [1.807, 2.05) is 0 Å². The summed E-state index contributed by atoms with van der Waals surface area (Å²) in [6.07, 6.45) is 0. The molecule has 106 valence electrons. The Morgan fingerprint density at radius 2 is 0.364 bits per heavy atom. The average molecular weight is 529 g/mol. The normalized spacial score (nSPS) is 1.91. The minimum atomic E-state index is 0. The van der Waals surface area contributed by atoms with Crippen molar-refractivity contribution in [3.8, 4) is 32.4 Å². The van der Waals surface area contributed by atoms with E-state index >= 15 is 0 Å². The second kappa shape index (κ2) is 148. The molecule has 0 aliphatic heterocycles. The van der Waals surface area contributed by atoms with E-state index in [4.69, 9.17) is 31.6 Å². The largest absolute Gasteiger partial charge is 1.00 e. The van der Waals surface area contributed by atoms with Gasteiger partial charge < -0.3 is 75.8 Å². The van der Waals surface area contributed by atoms with E-state index in [0.29, 0.717) is 0 Å². The van der Waals surface area contributed by atoms with Crippen LogP contribution in [0.4, 0.5) is 0 Å². The van der Waals surface area contributed by atoms with Crippen LogP contribution in [0.5, 0.6) is 0 Å².